The van der Waals surface area contributed by atoms with Crippen LogP contribution in [0.2, 0.25) is 51.9 Å². The molecule has 0 rings (SSSR count). The van der Waals surface area contributed by atoms with Crippen molar-refractivity contribution in [3.63, 3.8) is 0 Å². The Bertz CT molecular complexity index is 362. The maximum atomic E-state index is 10.5. The molecule has 0 bridgehead atoms. The van der Waals surface area contributed by atoms with Crippen LogP contribution in [-0.4, -0.2) is 65.3 Å². The summed E-state index contributed by atoms with van der Waals surface area (Å²) in [7, 11) is -7.86. The molecule has 0 amide bonds. The van der Waals surface area contributed by atoms with E-state index in [1.807, 2.05) is 26.6 Å². The summed E-state index contributed by atoms with van der Waals surface area (Å²) < 4.78 is 29.5. The zero-order valence-corrected chi connectivity index (χ0v) is 21.7. The fourth-order valence-electron chi connectivity index (χ4n) is 2.30. The number of hydrogen-bond donors (Lipinski definition) is 1. The van der Waals surface area contributed by atoms with Crippen molar-refractivity contribution in [1.82, 2.24) is 0 Å². The lowest BCUT2D eigenvalue weighted by atomic mass is 10.8. The highest BCUT2D eigenvalue weighted by Crippen LogP contribution is 2.24. The third-order valence-corrected chi connectivity index (χ3v) is 16.5. The Balaban J connectivity index is 0. The molecule has 0 fully saturated rings. The Morgan fingerprint density at radius 1 is 0.840 bits per heavy atom. The largest absolute Gasteiger partial charge is 0.437 e. The van der Waals surface area contributed by atoms with Crippen molar-refractivity contribution in [1.29, 1.82) is 0 Å². The van der Waals surface area contributed by atoms with Crippen LogP contribution in [0.5, 0.6) is 0 Å². The zero-order valence-electron chi connectivity index (χ0n) is 17.7. The molecule has 25 heavy (non-hydrogen) atoms. The molecule has 1 N–H and O–H groups in total. The van der Waals surface area contributed by atoms with Gasteiger partial charge in [0.1, 0.15) is 0 Å². The van der Waals surface area contributed by atoms with Crippen molar-refractivity contribution in [2.24, 2.45) is 0 Å². The molecule has 0 radical (unpaired) electrons. The second-order valence-electron chi connectivity index (χ2n) is 7.53. The number of ether oxygens (including phenoxy) is 2. The van der Waals surface area contributed by atoms with E-state index in [0.717, 1.165) is 0 Å². The first-order chi connectivity index (χ1) is 11.2. The van der Waals surface area contributed by atoms with E-state index in [4.69, 9.17) is 21.8 Å². The fourth-order valence-corrected chi connectivity index (χ4v) is 18.7. The molecule has 2 unspecified atom stereocenters. The van der Waals surface area contributed by atoms with Crippen LogP contribution < -0.4 is 0 Å². The van der Waals surface area contributed by atoms with Crippen molar-refractivity contribution in [3.8, 4) is 0 Å². The van der Waals surface area contributed by atoms with E-state index in [1.165, 1.54) is 0 Å². The summed E-state index contributed by atoms with van der Waals surface area (Å²) in [6, 6.07) is 0.619. The highest BCUT2D eigenvalue weighted by molar-refractivity contribution is 6.88. The molecule has 0 aliphatic rings. The molecule has 6 nitrogen and oxygen atoms in total. The first kappa shape index (κ1) is 27.6. The smallest absolute Gasteiger partial charge is 0.344 e. The van der Waals surface area contributed by atoms with E-state index in [2.05, 4.69) is 32.8 Å². The molecule has 0 spiro atoms. The van der Waals surface area contributed by atoms with Gasteiger partial charge in [-0.25, -0.2) is 0 Å². The van der Waals surface area contributed by atoms with E-state index in [9.17, 15) is 4.80 Å². The minimum Gasteiger partial charge on any atom is -0.437 e. The molecule has 0 heterocycles. The Morgan fingerprint density at radius 2 is 1.36 bits per heavy atom. The zero-order chi connectivity index (χ0) is 20.4. The first-order valence-electron chi connectivity index (χ1n) is 8.64. The third-order valence-electron chi connectivity index (χ3n) is 2.90. The molecular formula is C15H40O6Si4. The highest BCUT2D eigenvalue weighted by atomic mass is 28.5. The molecule has 0 saturated carbocycles. The number of methoxy groups -OCH3 is 1. The van der Waals surface area contributed by atoms with Gasteiger partial charge in [0.05, 0.1) is 19.4 Å². The van der Waals surface area contributed by atoms with Gasteiger partial charge in [-0.15, -0.1) is 13.2 Å². The van der Waals surface area contributed by atoms with Crippen LogP contribution in [0.1, 0.15) is 6.92 Å². The van der Waals surface area contributed by atoms with Gasteiger partial charge >= 0.3 is 25.7 Å². The van der Waals surface area contributed by atoms with Crippen LogP contribution in [0.25, 0.3) is 0 Å². The Hall–Kier alpha value is 0.368. The van der Waals surface area contributed by atoms with Gasteiger partial charge in [-0.2, -0.15) is 0 Å². The summed E-state index contributed by atoms with van der Waals surface area (Å²) in [4.78, 5) is 10.5. The Morgan fingerprint density at radius 3 is 1.76 bits per heavy atom. The number of rotatable bonds is 12. The quantitative estimate of drug-likeness (QED) is 0.290. The van der Waals surface area contributed by atoms with Gasteiger partial charge < -0.3 is 26.6 Å². The Labute approximate surface area is 159 Å². The average Bonchev–Trinajstić information content (AvgIpc) is 2.42. The second-order valence-corrected chi connectivity index (χ2v) is 22.6. The minimum atomic E-state index is -2.74. The molecule has 0 saturated heterocycles. The monoisotopic (exact) mass is 428 g/mol. The molecule has 0 aliphatic heterocycles. The summed E-state index contributed by atoms with van der Waals surface area (Å²) >= 11 is 0. The average molecular weight is 429 g/mol. The van der Waals surface area contributed by atoms with Crippen LogP contribution in [0.15, 0.2) is 13.2 Å². The van der Waals surface area contributed by atoms with Crippen molar-refractivity contribution >= 4 is 34.0 Å². The summed E-state index contributed by atoms with van der Waals surface area (Å²) in [5.41, 5.74) is 0. The maximum absolute atomic E-state index is 10.5. The normalized spacial score (nSPS) is 17.2. The highest BCUT2D eigenvalue weighted by Gasteiger charge is 2.46. The second kappa shape index (κ2) is 12.0. The molecule has 2 atom stereocenters. The molecular weight excluding hydrogens is 389 g/mol. The van der Waals surface area contributed by atoms with Crippen LogP contribution in [0.3, 0.4) is 0 Å². The van der Waals surface area contributed by atoms with Crippen LogP contribution in [0, 0.1) is 0 Å². The van der Waals surface area contributed by atoms with Crippen molar-refractivity contribution in [2.45, 2.75) is 58.8 Å². The SMILES string of the molecule is C=C.CC[Si](C)(O)O[Si](C)(COCCOC)O[Si](C)(C)O[Si](C)(C)C. The predicted octanol–water partition coefficient (Wildman–Crippen LogP) is 3.73. The molecule has 0 aromatic carbocycles. The van der Waals surface area contributed by atoms with Gasteiger partial charge in [-0.05, 0) is 51.9 Å². The molecule has 152 valence electrons. The standard InChI is InChI=1S/C13H36O6Si4.C2H4/c1-10-22(8,14)19-23(9,13-16-12-11-15-2)18-21(6,7)17-20(3,4)5;1-2/h14H,10-13H2,1-9H3;1-2H2. The van der Waals surface area contributed by atoms with Crippen LogP contribution in [0.4, 0.5) is 0 Å². The first-order valence-corrected chi connectivity index (χ1v) is 19.9. The molecule has 10 heteroatoms. The van der Waals surface area contributed by atoms with E-state index >= 15 is 0 Å². The van der Waals surface area contributed by atoms with Crippen LogP contribution in [-0.2, 0) is 21.8 Å². The van der Waals surface area contributed by atoms with Gasteiger partial charge in [0.25, 0.3) is 0 Å². The van der Waals surface area contributed by atoms with E-state index in [0.29, 0.717) is 25.5 Å². The molecule has 0 aromatic heterocycles. The predicted molar refractivity (Wildman–Crippen MR) is 114 cm³/mol. The lowest BCUT2D eigenvalue weighted by Gasteiger charge is -2.40. The van der Waals surface area contributed by atoms with E-state index in [-0.39, 0.29) is 0 Å². The number of hydrogen-bond acceptors (Lipinski definition) is 6. The molecule has 0 aliphatic carbocycles. The lowest BCUT2D eigenvalue weighted by Crippen LogP contribution is -2.60. The summed E-state index contributed by atoms with van der Waals surface area (Å²) in [5.74, 6) is 0. The van der Waals surface area contributed by atoms with Crippen LogP contribution >= 0.6 is 0 Å². The molecule has 0 aromatic rings. The topological polar surface area (TPSA) is 66.4 Å². The van der Waals surface area contributed by atoms with Crippen molar-refractivity contribution in [3.05, 3.63) is 13.2 Å². The maximum Gasteiger partial charge on any atom is 0.344 e. The van der Waals surface area contributed by atoms with E-state index in [1.54, 1.807) is 13.7 Å². The van der Waals surface area contributed by atoms with Crippen molar-refractivity contribution < 1.29 is 26.6 Å². The fraction of sp³-hybridized carbons (Fsp3) is 0.867. The van der Waals surface area contributed by atoms with Gasteiger partial charge in [0.2, 0.25) is 0 Å². The summed E-state index contributed by atoms with van der Waals surface area (Å²) in [6.07, 6.45) is 0.366. The van der Waals surface area contributed by atoms with Gasteiger partial charge in [-0.3, -0.25) is 0 Å². The van der Waals surface area contributed by atoms with Gasteiger partial charge in [0.15, 0.2) is 8.32 Å². The third kappa shape index (κ3) is 15.1. The van der Waals surface area contributed by atoms with Gasteiger partial charge in [0, 0.05) is 7.11 Å². The Kier molecular flexibility index (Phi) is 13.2. The summed E-state index contributed by atoms with van der Waals surface area (Å²) in [5, 5.41) is 0. The van der Waals surface area contributed by atoms with Crippen molar-refractivity contribution in [2.75, 3.05) is 26.6 Å². The minimum absolute atomic E-state index is 0.366. The van der Waals surface area contributed by atoms with Gasteiger partial charge in [-0.1, -0.05) is 6.92 Å². The summed E-state index contributed by atoms with van der Waals surface area (Å²) in [6.45, 7) is 23.2. The van der Waals surface area contributed by atoms with E-state index < -0.39 is 34.0 Å². The lowest BCUT2D eigenvalue weighted by molar-refractivity contribution is 0.0792.